The van der Waals surface area contributed by atoms with Gasteiger partial charge in [0.15, 0.2) is 0 Å². The second-order valence-corrected chi connectivity index (χ2v) is 6.48. The number of unbranched alkanes of at least 4 members (excludes halogenated alkanes) is 1. The summed E-state index contributed by atoms with van der Waals surface area (Å²) in [7, 11) is 0. The van der Waals surface area contributed by atoms with Crippen LogP contribution in [0, 0.1) is 11.8 Å². The Hall–Kier alpha value is -0.610. The lowest BCUT2D eigenvalue weighted by Crippen LogP contribution is -2.42. The molecular formula is C16H30N2O2. The van der Waals surface area contributed by atoms with Crippen molar-refractivity contribution in [3.8, 4) is 0 Å². The summed E-state index contributed by atoms with van der Waals surface area (Å²) in [6, 6.07) is 0. The zero-order valence-electron chi connectivity index (χ0n) is 12.6. The Balaban J connectivity index is 1.71. The molecule has 1 unspecified atom stereocenters. The largest absolute Gasteiger partial charge is 0.396 e. The highest BCUT2D eigenvalue weighted by molar-refractivity contribution is 5.76. The summed E-state index contributed by atoms with van der Waals surface area (Å²) in [4.78, 5) is 14.5. The van der Waals surface area contributed by atoms with Crippen molar-refractivity contribution >= 4 is 5.91 Å². The molecule has 0 bridgehead atoms. The predicted molar refractivity (Wildman–Crippen MR) is 80.5 cm³/mol. The normalized spacial score (nSPS) is 27.6. The van der Waals surface area contributed by atoms with Gasteiger partial charge in [-0.1, -0.05) is 6.42 Å². The minimum atomic E-state index is 0.296. The van der Waals surface area contributed by atoms with Crippen molar-refractivity contribution in [3.63, 3.8) is 0 Å². The molecule has 4 heteroatoms. The SMILES string of the molecule is O=C(CC1CCCNC1)N1CCC[C@@H](CCCCO)C1. The van der Waals surface area contributed by atoms with Gasteiger partial charge in [0.2, 0.25) is 5.91 Å². The number of rotatable bonds is 6. The molecule has 2 rings (SSSR count). The maximum Gasteiger partial charge on any atom is 0.222 e. The summed E-state index contributed by atoms with van der Waals surface area (Å²) < 4.78 is 0. The van der Waals surface area contributed by atoms with Gasteiger partial charge in [-0.3, -0.25) is 4.79 Å². The Morgan fingerprint density at radius 2 is 2.05 bits per heavy atom. The van der Waals surface area contributed by atoms with Crippen LogP contribution >= 0.6 is 0 Å². The van der Waals surface area contributed by atoms with E-state index in [-0.39, 0.29) is 0 Å². The quantitative estimate of drug-likeness (QED) is 0.730. The van der Waals surface area contributed by atoms with E-state index in [1.54, 1.807) is 0 Å². The van der Waals surface area contributed by atoms with E-state index in [4.69, 9.17) is 5.11 Å². The number of nitrogens with zero attached hydrogens (tertiary/aromatic N) is 1. The maximum absolute atomic E-state index is 12.4. The fourth-order valence-corrected chi connectivity index (χ4v) is 3.55. The first-order valence-electron chi connectivity index (χ1n) is 8.39. The van der Waals surface area contributed by atoms with E-state index in [1.807, 2.05) is 0 Å². The second kappa shape index (κ2) is 8.63. The van der Waals surface area contributed by atoms with Gasteiger partial charge < -0.3 is 15.3 Å². The van der Waals surface area contributed by atoms with Crippen LogP contribution in [0.15, 0.2) is 0 Å². The van der Waals surface area contributed by atoms with Gasteiger partial charge in [-0.05, 0) is 63.5 Å². The molecule has 116 valence electrons. The lowest BCUT2D eigenvalue weighted by atomic mass is 9.91. The van der Waals surface area contributed by atoms with Crippen LogP contribution in [0.3, 0.4) is 0 Å². The Kier molecular flexibility index (Phi) is 6.80. The van der Waals surface area contributed by atoms with Gasteiger partial charge in [-0.15, -0.1) is 0 Å². The van der Waals surface area contributed by atoms with Gasteiger partial charge >= 0.3 is 0 Å². The average molecular weight is 282 g/mol. The first-order valence-corrected chi connectivity index (χ1v) is 8.39. The van der Waals surface area contributed by atoms with Gasteiger partial charge in [0.25, 0.3) is 0 Å². The lowest BCUT2D eigenvalue weighted by Gasteiger charge is -2.34. The molecule has 2 heterocycles. The third kappa shape index (κ3) is 5.06. The Labute approximate surface area is 122 Å². The van der Waals surface area contributed by atoms with Crippen LogP contribution in [-0.2, 0) is 4.79 Å². The first kappa shape index (κ1) is 15.8. The van der Waals surface area contributed by atoms with Crippen molar-refractivity contribution < 1.29 is 9.90 Å². The topological polar surface area (TPSA) is 52.6 Å². The van der Waals surface area contributed by atoms with Crippen molar-refractivity contribution in [1.82, 2.24) is 10.2 Å². The van der Waals surface area contributed by atoms with E-state index >= 15 is 0 Å². The Morgan fingerprint density at radius 1 is 1.20 bits per heavy atom. The number of aliphatic hydroxyl groups excluding tert-OH is 1. The third-order valence-electron chi connectivity index (χ3n) is 4.75. The number of carbonyl (C=O) groups excluding carboxylic acids is 1. The fourth-order valence-electron chi connectivity index (χ4n) is 3.55. The van der Waals surface area contributed by atoms with Gasteiger partial charge in [-0.2, -0.15) is 0 Å². The monoisotopic (exact) mass is 282 g/mol. The van der Waals surface area contributed by atoms with Crippen LogP contribution in [-0.4, -0.2) is 48.7 Å². The zero-order chi connectivity index (χ0) is 14.2. The molecule has 20 heavy (non-hydrogen) atoms. The van der Waals surface area contributed by atoms with Crippen molar-refractivity contribution in [2.75, 3.05) is 32.8 Å². The molecule has 2 aliphatic heterocycles. The van der Waals surface area contributed by atoms with Crippen molar-refractivity contribution in [3.05, 3.63) is 0 Å². The molecule has 2 aliphatic rings. The smallest absolute Gasteiger partial charge is 0.222 e. The van der Waals surface area contributed by atoms with Crippen LogP contribution in [0.4, 0.5) is 0 Å². The fraction of sp³-hybridized carbons (Fsp3) is 0.938. The van der Waals surface area contributed by atoms with Crippen LogP contribution in [0.25, 0.3) is 0 Å². The molecule has 2 N–H and O–H groups in total. The number of piperidine rings is 2. The Bertz CT molecular complexity index is 290. The highest BCUT2D eigenvalue weighted by atomic mass is 16.2. The van der Waals surface area contributed by atoms with Crippen molar-refractivity contribution in [2.45, 2.75) is 51.4 Å². The summed E-state index contributed by atoms with van der Waals surface area (Å²) in [6.07, 6.45) is 8.70. The molecule has 4 nitrogen and oxygen atoms in total. The third-order valence-corrected chi connectivity index (χ3v) is 4.75. The van der Waals surface area contributed by atoms with Gasteiger partial charge in [-0.25, -0.2) is 0 Å². The average Bonchev–Trinajstić information content (AvgIpc) is 2.49. The summed E-state index contributed by atoms with van der Waals surface area (Å²) in [5.41, 5.74) is 0. The summed E-state index contributed by atoms with van der Waals surface area (Å²) in [5.74, 6) is 1.57. The van der Waals surface area contributed by atoms with Crippen LogP contribution in [0.5, 0.6) is 0 Å². The molecule has 0 aromatic heterocycles. The number of hydrogen-bond donors (Lipinski definition) is 2. The van der Waals surface area contributed by atoms with E-state index in [9.17, 15) is 4.79 Å². The van der Waals surface area contributed by atoms with Gasteiger partial charge in [0.05, 0.1) is 0 Å². The molecule has 0 spiro atoms. The first-order chi connectivity index (χ1) is 9.79. The van der Waals surface area contributed by atoms with E-state index in [1.165, 1.54) is 19.3 Å². The number of hydrogen-bond acceptors (Lipinski definition) is 3. The molecule has 0 radical (unpaired) electrons. The van der Waals surface area contributed by atoms with E-state index in [0.717, 1.165) is 58.3 Å². The molecule has 0 aromatic rings. The molecule has 0 aliphatic carbocycles. The summed E-state index contributed by atoms with van der Waals surface area (Å²) in [6.45, 7) is 4.32. The number of amides is 1. The number of likely N-dealkylation sites (tertiary alicyclic amines) is 1. The number of nitrogens with one attached hydrogen (secondary N) is 1. The molecular weight excluding hydrogens is 252 g/mol. The van der Waals surface area contributed by atoms with Gasteiger partial charge in [0.1, 0.15) is 0 Å². The lowest BCUT2D eigenvalue weighted by molar-refractivity contribution is -0.134. The predicted octanol–water partition coefficient (Wildman–Crippen LogP) is 1.78. The van der Waals surface area contributed by atoms with E-state index in [2.05, 4.69) is 10.2 Å². The molecule has 2 atom stereocenters. The van der Waals surface area contributed by atoms with Crippen LogP contribution in [0.2, 0.25) is 0 Å². The van der Waals surface area contributed by atoms with Gasteiger partial charge in [0, 0.05) is 26.1 Å². The maximum atomic E-state index is 12.4. The van der Waals surface area contributed by atoms with E-state index < -0.39 is 0 Å². The standard InChI is InChI=1S/C16H30N2O2/c19-10-2-1-5-14-7-4-9-18(13-14)16(20)11-15-6-3-8-17-12-15/h14-15,17,19H,1-13H2/t14-,15?/m1/s1. The summed E-state index contributed by atoms with van der Waals surface area (Å²) >= 11 is 0. The molecule has 0 aromatic carbocycles. The highest BCUT2D eigenvalue weighted by Crippen LogP contribution is 2.23. The molecule has 2 saturated heterocycles. The number of carbonyl (C=O) groups is 1. The van der Waals surface area contributed by atoms with Crippen LogP contribution < -0.4 is 5.32 Å². The molecule has 0 saturated carbocycles. The second-order valence-electron chi connectivity index (χ2n) is 6.48. The minimum absolute atomic E-state index is 0.296. The van der Waals surface area contributed by atoms with Crippen molar-refractivity contribution in [2.24, 2.45) is 11.8 Å². The highest BCUT2D eigenvalue weighted by Gasteiger charge is 2.25. The minimum Gasteiger partial charge on any atom is -0.396 e. The molecule has 1 amide bonds. The van der Waals surface area contributed by atoms with Crippen LogP contribution in [0.1, 0.15) is 51.4 Å². The Morgan fingerprint density at radius 3 is 2.80 bits per heavy atom. The van der Waals surface area contributed by atoms with Crippen molar-refractivity contribution in [1.29, 1.82) is 0 Å². The summed E-state index contributed by atoms with van der Waals surface area (Å²) in [5, 5.41) is 12.2. The van der Waals surface area contributed by atoms with E-state index in [0.29, 0.717) is 24.3 Å². The number of aliphatic hydroxyl groups is 1. The zero-order valence-corrected chi connectivity index (χ0v) is 12.6. The molecule has 2 fully saturated rings.